The standard InChI is InChI=1S/C18H28O2/c1-16(2)14-17(10-6-12-19)11-7-13-20-15-18-8-4-3-5-9-18/h3-5,7-9,11,16-17,19H,6,10,12-15H2,1-2H3/b11-7+/t17-/m0/s1. The lowest BCUT2D eigenvalue weighted by Gasteiger charge is -2.14. The van der Waals surface area contributed by atoms with Gasteiger partial charge in [-0.25, -0.2) is 0 Å². The summed E-state index contributed by atoms with van der Waals surface area (Å²) in [6.07, 6.45) is 7.49. The number of hydrogen-bond donors (Lipinski definition) is 1. The van der Waals surface area contributed by atoms with Crippen molar-refractivity contribution in [1.82, 2.24) is 0 Å². The Morgan fingerprint density at radius 1 is 1.20 bits per heavy atom. The summed E-state index contributed by atoms with van der Waals surface area (Å²) in [5.41, 5.74) is 1.21. The van der Waals surface area contributed by atoms with Crippen molar-refractivity contribution in [3.05, 3.63) is 48.0 Å². The molecule has 0 radical (unpaired) electrons. The van der Waals surface area contributed by atoms with Crippen LogP contribution in [0.2, 0.25) is 0 Å². The highest BCUT2D eigenvalue weighted by Crippen LogP contribution is 2.18. The van der Waals surface area contributed by atoms with E-state index in [1.807, 2.05) is 18.2 Å². The summed E-state index contributed by atoms with van der Waals surface area (Å²) in [6.45, 7) is 6.09. The molecule has 20 heavy (non-hydrogen) atoms. The first-order chi connectivity index (χ1) is 9.72. The molecule has 0 saturated heterocycles. The topological polar surface area (TPSA) is 29.5 Å². The van der Waals surface area contributed by atoms with E-state index < -0.39 is 0 Å². The van der Waals surface area contributed by atoms with Crippen LogP contribution >= 0.6 is 0 Å². The Bertz CT molecular complexity index is 357. The van der Waals surface area contributed by atoms with Crippen LogP contribution in [-0.2, 0) is 11.3 Å². The van der Waals surface area contributed by atoms with Crippen LogP contribution in [0.15, 0.2) is 42.5 Å². The normalized spacial score (nSPS) is 13.2. The fourth-order valence-electron chi connectivity index (χ4n) is 2.32. The molecule has 1 rings (SSSR count). The Balaban J connectivity index is 2.25. The highest BCUT2D eigenvalue weighted by Gasteiger charge is 2.06. The van der Waals surface area contributed by atoms with E-state index in [2.05, 4.69) is 38.1 Å². The second kappa shape index (κ2) is 10.6. The maximum atomic E-state index is 8.94. The van der Waals surface area contributed by atoms with Gasteiger partial charge < -0.3 is 9.84 Å². The number of aliphatic hydroxyl groups is 1. The van der Waals surface area contributed by atoms with Gasteiger partial charge in [0.1, 0.15) is 0 Å². The SMILES string of the molecule is CC(C)C[C@H](/C=C/COCc1ccccc1)CCCO. The van der Waals surface area contributed by atoms with Gasteiger partial charge in [0.25, 0.3) is 0 Å². The molecule has 2 nitrogen and oxygen atoms in total. The van der Waals surface area contributed by atoms with Crippen molar-refractivity contribution in [2.24, 2.45) is 11.8 Å². The number of rotatable bonds is 10. The van der Waals surface area contributed by atoms with Crippen molar-refractivity contribution in [1.29, 1.82) is 0 Å². The van der Waals surface area contributed by atoms with Crippen molar-refractivity contribution < 1.29 is 9.84 Å². The average Bonchev–Trinajstić information content (AvgIpc) is 2.44. The van der Waals surface area contributed by atoms with Crippen molar-refractivity contribution in [3.63, 3.8) is 0 Å². The molecule has 0 spiro atoms. The Labute approximate surface area is 123 Å². The molecule has 0 fully saturated rings. The number of ether oxygens (including phenoxy) is 1. The van der Waals surface area contributed by atoms with Crippen LogP contribution in [0.25, 0.3) is 0 Å². The van der Waals surface area contributed by atoms with E-state index in [1.54, 1.807) is 0 Å². The summed E-state index contributed by atoms with van der Waals surface area (Å²) in [5.74, 6) is 1.25. The van der Waals surface area contributed by atoms with E-state index in [0.29, 0.717) is 25.0 Å². The number of allylic oxidation sites excluding steroid dienone is 1. The molecule has 1 aromatic rings. The highest BCUT2D eigenvalue weighted by molar-refractivity contribution is 5.13. The van der Waals surface area contributed by atoms with E-state index >= 15 is 0 Å². The fourth-order valence-corrected chi connectivity index (χ4v) is 2.32. The second-order valence-corrected chi connectivity index (χ2v) is 5.68. The van der Waals surface area contributed by atoms with E-state index in [1.165, 1.54) is 12.0 Å². The van der Waals surface area contributed by atoms with Gasteiger partial charge in [0.05, 0.1) is 13.2 Å². The van der Waals surface area contributed by atoms with Crippen LogP contribution in [0, 0.1) is 11.8 Å². The third kappa shape index (κ3) is 8.13. The molecule has 0 aromatic heterocycles. The summed E-state index contributed by atoms with van der Waals surface area (Å²) in [4.78, 5) is 0. The van der Waals surface area contributed by atoms with E-state index in [0.717, 1.165) is 12.8 Å². The van der Waals surface area contributed by atoms with Crippen LogP contribution in [0.5, 0.6) is 0 Å². The first-order valence-electron chi connectivity index (χ1n) is 7.61. The molecule has 0 heterocycles. The van der Waals surface area contributed by atoms with E-state index in [4.69, 9.17) is 9.84 Å². The van der Waals surface area contributed by atoms with E-state index in [9.17, 15) is 0 Å². The smallest absolute Gasteiger partial charge is 0.0721 e. The Kier molecular flexibility index (Phi) is 9.01. The van der Waals surface area contributed by atoms with E-state index in [-0.39, 0.29) is 6.61 Å². The lowest BCUT2D eigenvalue weighted by molar-refractivity contribution is 0.148. The Hall–Kier alpha value is -1.12. The van der Waals surface area contributed by atoms with Gasteiger partial charge in [-0.3, -0.25) is 0 Å². The molecule has 1 aromatic carbocycles. The molecule has 1 atom stereocenters. The Morgan fingerprint density at radius 3 is 2.60 bits per heavy atom. The summed E-state index contributed by atoms with van der Waals surface area (Å²) < 4.78 is 5.64. The van der Waals surface area contributed by atoms with Gasteiger partial charge in [-0.05, 0) is 36.7 Å². The lowest BCUT2D eigenvalue weighted by atomic mass is 9.92. The first kappa shape index (κ1) is 16.9. The third-order valence-corrected chi connectivity index (χ3v) is 3.24. The maximum absolute atomic E-state index is 8.94. The number of hydrogen-bond acceptors (Lipinski definition) is 2. The molecule has 0 aliphatic heterocycles. The molecule has 0 saturated carbocycles. The largest absolute Gasteiger partial charge is 0.396 e. The summed E-state index contributed by atoms with van der Waals surface area (Å²) >= 11 is 0. The van der Waals surface area contributed by atoms with Crippen LogP contribution in [0.4, 0.5) is 0 Å². The van der Waals surface area contributed by atoms with Crippen molar-refractivity contribution in [2.75, 3.05) is 13.2 Å². The molecule has 1 N–H and O–H groups in total. The minimum atomic E-state index is 0.285. The minimum Gasteiger partial charge on any atom is -0.396 e. The molecule has 0 unspecified atom stereocenters. The predicted molar refractivity (Wildman–Crippen MR) is 84.5 cm³/mol. The average molecular weight is 276 g/mol. The lowest BCUT2D eigenvalue weighted by Crippen LogP contribution is -2.03. The number of aliphatic hydroxyl groups excluding tert-OH is 1. The predicted octanol–water partition coefficient (Wildman–Crippen LogP) is 4.19. The summed E-state index contributed by atoms with van der Waals surface area (Å²) in [5, 5.41) is 8.94. The van der Waals surface area contributed by atoms with Crippen LogP contribution in [-0.4, -0.2) is 18.3 Å². The van der Waals surface area contributed by atoms with Gasteiger partial charge in [-0.2, -0.15) is 0 Å². The second-order valence-electron chi connectivity index (χ2n) is 5.68. The van der Waals surface area contributed by atoms with Crippen LogP contribution in [0.3, 0.4) is 0 Å². The summed E-state index contributed by atoms with van der Waals surface area (Å²) in [7, 11) is 0. The molecule has 112 valence electrons. The molecule has 0 aliphatic rings. The molecular weight excluding hydrogens is 248 g/mol. The zero-order valence-corrected chi connectivity index (χ0v) is 12.8. The number of benzene rings is 1. The quantitative estimate of drug-likeness (QED) is 0.513. The summed E-state index contributed by atoms with van der Waals surface area (Å²) in [6, 6.07) is 10.2. The molecule has 0 amide bonds. The minimum absolute atomic E-state index is 0.285. The zero-order valence-electron chi connectivity index (χ0n) is 12.8. The first-order valence-corrected chi connectivity index (χ1v) is 7.61. The highest BCUT2D eigenvalue weighted by atomic mass is 16.5. The molecule has 0 bridgehead atoms. The monoisotopic (exact) mass is 276 g/mol. The van der Waals surface area contributed by atoms with Gasteiger partial charge in [0.2, 0.25) is 0 Å². The van der Waals surface area contributed by atoms with Gasteiger partial charge in [-0.15, -0.1) is 0 Å². The van der Waals surface area contributed by atoms with Crippen LogP contribution in [0.1, 0.15) is 38.7 Å². The maximum Gasteiger partial charge on any atom is 0.0721 e. The third-order valence-electron chi connectivity index (χ3n) is 3.24. The van der Waals surface area contributed by atoms with Gasteiger partial charge in [0.15, 0.2) is 0 Å². The zero-order chi connectivity index (χ0) is 14.6. The molecule has 0 aliphatic carbocycles. The van der Waals surface area contributed by atoms with Crippen molar-refractivity contribution >= 4 is 0 Å². The fraction of sp³-hybridized carbons (Fsp3) is 0.556. The van der Waals surface area contributed by atoms with Crippen molar-refractivity contribution in [2.45, 2.75) is 39.7 Å². The molecular formula is C18H28O2. The van der Waals surface area contributed by atoms with Gasteiger partial charge in [-0.1, -0.05) is 56.3 Å². The molecule has 2 heteroatoms. The Morgan fingerprint density at radius 2 is 1.95 bits per heavy atom. The van der Waals surface area contributed by atoms with Gasteiger partial charge >= 0.3 is 0 Å². The van der Waals surface area contributed by atoms with Crippen LogP contribution < -0.4 is 0 Å². The van der Waals surface area contributed by atoms with Crippen molar-refractivity contribution in [3.8, 4) is 0 Å². The van der Waals surface area contributed by atoms with Gasteiger partial charge in [0, 0.05) is 6.61 Å².